The number of carbonyl (C=O) groups excluding carboxylic acids is 1. The Labute approximate surface area is 296 Å². The molecule has 0 bridgehead atoms. The van der Waals surface area contributed by atoms with Crippen LogP contribution in [0.15, 0.2) is 60.7 Å². The summed E-state index contributed by atoms with van der Waals surface area (Å²) in [5, 5.41) is 11.1. The number of ether oxygens (including phenoxy) is 2. The van der Waals surface area contributed by atoms with E-state index in [1.165, 1.54) is 23.3 Å². The van der Waals surface area contributed by atoms with Crippen LogP contribution in [0.25, 0.3) is 43.6 Å². The number of pyridine rings is 1. The van der Waals surface area contributed by atoms with Crippen LogP contribution >= 0.6 is 11.3 Å². The summed E-state index contributed by atoms with van der Waals surface area (Å²) >= 11 is 1.36. The maximum absolute atomic E-state index is 14.2. The van der Waals surface area contributed by atoms with E-state index in [4.69, 9.17) is 14.5 Å². The molecule has 2 saturated heterocycles. The quantitative estimate of drug-likeness (QED) is 0.178. The van der Waals surface area contributed by atoms with Gasteiger partial charge in [-0.3, -0.25) is 9.69 Å². The van der Waals surface area contributed by atoms with Gasteiger partial charge in [0.2, 0.25) is 5.91 Å². The van der Waals surface area contributed by atoms with Crippen molar-refractivity contribution in [3.05, 3.63) is 71.1 Å². The second kappa shape index (κ2) is 14.2. The van der Waals surface area contributed by atoms with Crippen molar-refractivity contribution in [2.24, 2.45) is 0 Å². The van der Waals surface area contributed by atoms with E-state index in [2.05, 4.69) is 33.7 Å². The molecule has 3 aromatic heterocycles. The molecule has 1 aliphatic carbocycles. The molecule has 0 unspecified atom stereocenters. The van der Waals surface area contributed by atoms with Crippen molar-refractivity contribution in [3.63, 3.8) is 0 Å². The van der Waals surface area contributed by atoms with Crippen LogP contribution in [0.5, 0.6) is 5.75 Å². The SMILES string of the molecule is COc1cccc(-c2ccc3cc(-c4c(C5CCCCC5)c5sc(C(=O)O)cc5n4CC(=O)N4CCC(N5CCOCC5)CC4)ccc3n2)c1. The molecular weight excluding hydrogens is 649 g/mol. The third-order valence-corrected chi connectivity index (χ3v) is 12.1. The minimum absolute atomic E-state index is 0.0900. The highest BCUT2D eigenvalue weighted by Crippen LogP contribution is 2.47. The van der Waals surface area contributed by atoms with Crippen LogP contribution in [-0.2, 0) is 16.1 Å². The molecule has 0 atom stereocenters. The first-order valence-electron chi connectivity index (χ1n) is 18.0. The van der Waals surface area contributed by atoms with E-state index in [-0.39, 0.29) is 12.5 Å². The fourth-order valence-corrected chi connectivity index (χ4v) is 9.50. The molecule has 260 valence electrons. The smallest absolute Gasteiger partial charge is 0.345 e. The van der Waals surface area contributed by atoms with Crippen LogP contribution < -0.4 is 4.74 Å². The van der Waals surface area contributed by atoms with Gasteiger partial charge in [-0.05, 0) is 79.1 Å². The Kier molecular flexibility index (Phi) is 9.33. The molecule has 2 aliphatic heterocycles. The minimum Gasteiger partial charge on any atom is -0.497 e. The third-order valence-electron chi connectivity index (χ3n) is 11.0. The lowest BCUT2D eigenvalue weighted by molar-refractivity contribution is -0.133. The van der Waals surface area contributed by atoms with Crippen molar-refractivity contribution < 1.29 is 24.2 Å². The molecule has 3 aliphatic rings. The Balaban J connectivity index is 1.18. The van der Waals surface area contributed by atoms with Gasteiger partial charge in [0, 0.05) is 43.2 Å². The van der Waals surface area contributed by atoms with E-state index in [0.29, 0.717) is 16.8 Å². The lowest BCUT2D eigenvalue weighted by Crippen LogP contribution is -2.50. The van der Waals surface area contributed by atoms with E-state index >= 15 is 0 Å². The van der Waals surface area contributed by atoms with Crippen LogP contribution in [0.1, 0.15) is 66.1 Å². The first-order chi connectivity index (χ1) is 24.5. The van der Waals surface area contributed by atoms with Gasteiger partial charge in [0.1, 0.15) is 17.2 Å². The number of fused-ring (bicyclic) bond motifs is 2. The molecule has 0 radical (unpaired) electrons. The third kappa shape index (κ3) is 6.40. The number of morpholine rings is 1. The summed E-state index contributed by atoms with van der Waals surface area (Å²) < 4.78 is 14.1. The first-order valence-corrected chi connectivity index (χ1v) is 18.8. The van der Waals surface area contributed by atoms with E-state index in [9.17, 15) is 14.7 Å². The van der Waals surface area contributed by atoms with Crippen LogP contribution in [-0.4, -0.2) is 88.9 Å². The van der Waals surface area contributed by atoms with Crippen molar-refractivity contribution in [2.75, 3.05) is 46.5 Å². The number of hydrogen-bond acceptors (Lipinski definition) is 7. The first kappa shape index (κ1) is 32.9. The van der Waals surface area contributed by atoms with Gasteiger partial charge in [-0.2, -0.15) is 0 Å². The van der Waals surface area contributed by atoms with Crippen molar-refractivity contribution >= 4 is 44.3 Å². The molecule has 5 aromatic rings. The summed E-state index contributed by atoms with van der Waals surface area (Å²) in [6, 6.07) is 20.8. The summed E-state index contributed by atoms with van der Waals surface area (Å²) in [7, 11) is 1.67. The molecular formula is C40H44N4O5S. The molecule has 5 heterocycles. The normalized spacial score (nSPS) is 18.2. The number of piperidine rings is 1. The molecule has 10 heteroatoms. The lowest BCUT2D eigenvalue weighted by atomic mass is 9.83. The summed E-state index contributed by atoms with van der Waals surface area (Å²) in [6.07, 6.45) is 7.58. The largest absolute Gasteiger partial charge is 0.497 e. The van der Waals surface area contributed by atoms with Crippen molar-refractivity contribution in [3.8, 4) is 28.3 Å². The Bertz CT molecular complexity index is 2030. The molecule has 50 heavy (non-hydrogen) atoms. The topological polar surface area (TPSA) is 97.1 Å². The number of methoxy groups -OCH3 is 1. The number of aromatic nitrogens is 2. The van der Waals surface area contributed by atoms with Gasteiger partial charge in [0.15, 0.2) is 0 Å². The number of carboxylic acids is 1. The number of nitrogens with zero attached hydrogens (tertiary/aromatic N) is 4. The van der Waals surface area contributed by atoms with Gasteiger partial charge in [0.05, 0.1) is 47.4 Å². The predicted molar refractivity (Wildman–Crippen MR) is 197 cm³/mol. The van der Waals surface area contributed by atoms with Gasteiger partial charge in [0.25, 0.3) is 0 Å². The van der Waals surface area contributed by atoms with Crippen molar-refractivity contribution in [2.45, 2.75) is 63.5 Å². The Morgan fingerprint density at radius 2 is 1.72 bits per heavy atom. The van der Waals surface area contributed by atoms with E-state index in [1.54, 1.807) is 13.2 Å². The van der Waals surface area contributed by atoms with Gasteiger partial charge < -0.3 is 24.0 Å². The standard InChI is InChI=1S/C40H44N4O5S/c1-48-31-9-5-8-27(23-31)32-12-10-28-22-29(11-13-33(28)41-32)38-37(26-6-3-2-4-7-26)39-34(24-35(50-39)40(46)47)44(38)25-36(45)43-16-14-30(15-17-43)42-18-20-49-21-19-42/h5,8-13,22-24,26,30H,2-4,6-7,14-21,25H2,1H3,(H,46,47). The van der Waals surface area contributed by atoms with Gasteiger partial charge in [-0.15, -0.1) is 11.3 Å². The number of benzene rings is 2. The fourth-order valence-electron chi connectivity index (χ4n) is 8.37. The highest BCUT2D eigenvalue weighted by atomic mass is 32.1. The fraction of sp³-hybridized carbons (Fsp3) is 0.425. The highest BCUT2D eigenvalue weighted by Gasteiger charge is 2.32. The number of aromatic carboxylic acids is 1. The Morgan fingerprint density at radius 1 is 0.920 bits per heavy atom. The van der Waals surface area contributed by atoms with Crippen LogP contribution in [0.2, 0.25) is 0 Å². The zero-order chi connectivity index (χ0) is 34.2. The van der Waals surface area contributed by atoms with E-state index < -0.39 is 5.97 Å². The maximum atomic E-state index is 14.2. The average molecular weight is 693 g/mol. The number of likely N-dealkylation sites (tertiary alicyclic amines) is 1. The van der Waals surface area contributed by atoms with E-state index in [1.807, 2.05) is 35.2 Å². The molecule has 8 rings (SSSR count). The second-order valence-electron chi connectivity index (χ2n) is 13.9. The molecule has 9 nitrogen and oxygen atoms in total. The summed E-state index contributed by atoms with van der Waals surface area (Å²) in [4.78, 5) is 36.3. The molecule has 3 fully saturated rings. The maximum Gasteiger partial charge on any atom is 0.345 e. The summed E-state index contributed by atoms with van der Waals surface area (Å²) in [5.74, 6) is 0.269. The Hall–Kier alpha value is -4.25. The molecule has 0 spiro atoms. The molecule has 2 aromatic carbocycles. The number of carbonyl (C=O) groups is 2. The summed E-state index contributed by atoms with van der Waals surface area (Å²) in [6.45, 7) is 5.13. The van der Waals surface area contributed by atoms with Gasteiger partial charge in [-0.1, -0.05) is 43.5 Å². The van der Waals surface area contributed by atoms with Crippen LogP contribution in [0, 0.1) is 0 Å². The lowest BCUT2D eigenvalue weighted by Gasteiger charge is -2.40. The molecule has 1 amide bonds. The zero-order valence-corrected chi connectivity index (χ0v) is 29.4. The average Bonchev–Trinajstić information content (AvgIpc) is 3.73. The van der Waals surface area contributed by atoms with Crippen molar-refractivity contribution in [1.82, 2.24) is 19.4 Å². The van der Waals surface area contributed by atoms with E-state index in [0.717, 1.165) is 127 Å². The molecule has 1 N–H and O–H groups in total. The number of rotatable bonds is 8. The number of carboxylic acid groups (broad SMARTS) is 1. The van der Waals surface area contributed by atoms with Crippen LogP contribution in [0.4, 0.5) is 0 Å². The highest BCUT2D eigenvalue weighted by molar-refractivity contribution is 7.21. The molecule has 1 saturated carbocycles. The number of thiophene rings is 1. The van der Waals surface area contributed by atoms with Crippen molar-refractivity contribution in [1.29, 1.82) is 0 Å². The van der Waals surface area contributed by atoms with Gasteiger partial charge >= 0.3 is 5.97 Å². The Morgan fingerprint density at radius 3 is 2.48 bits per heavy atom. The van der Waals surface area contributed by atoms with Gasteiger partial charge in [-0.25, -0.2) is 9.78 Å². The zero-order valence-electron chi connectivity index (χ0n) is 28.6. The number of amides is 1. The monoisotopic (exact) mass is 692 g/mol. The predicted octanol–water partition coefficient (Wildman–Crippen LogP) is 7.66. The number of hydrogen-bond donors (Lipinski definition) is 1. The minimum atomic E-state index is -0.922. The van der Waals surface area contributed by atoms with Crippen LogP contribution in [0.3, 0.4) is 0 Å². The summed E-state index contributed by atoms with van der Waals surface area (Å²) in [5.41, 5.74) is 6.90. The second-order valence-corrected chi connectivity index (χ2v) is 15.0.